The highest BCUT2D eigenvalue weighted by Gasteiger charge is 2.27. The van der Waals surface area contributed by atoms with Crippen LogP contribution in [0.25, 0.3) is 11.0 Å². The predicted molar refractivity (Wildman–Crippen MR) is 77.1 cm³/mol. The van der Waals surface area contributed by atoms with Crippen molar-refractivity contribution >= 4 is 16.7 Å². The Balaban J connectivity index is 1.66. The highest BCUT2D eigenvalue weighted by molar-refractivity contribution is 5.79. The molecule has 0 unspecified atom stereocenters. The molecule has 0 spiro atoms. The van der Waals surface area contributed by atoms with E-state index in [1.807, 2.05) is 12.1 Å². The zero-order valence-electron chi connectivity index (χ0n) is 11.2. The molecule has 2 N–H and O–H groups in total. The Hall–Kier alpha value is -1.55. The van der Waals surface area contributed by atoms with Crippen molar-refractivity contribution < 1.29 is 0 Å². The average Bonchev–Trinajstić information content (AvgIpc) is 2.54. The van der Waals surface area contributed by atoms with Gasteiger partial charge in [0.05, 0.1) is 11.0 Å². The van der Waals surface area contributed by atoms with Gasteiger partial charge in [-0.05, 0) is 31.0 Å². The maximum absolute atomic E-state index is 5.84. The van der Waals surface area contributed by atoms with Gasteiger partial charge in [0.15, 0.2) is 0 Å². The largest absolute Gasteiger partial charge is 0.399 e. The third-order valence-electron chi connectivity index (χ3n) is 4.68. The first-order valence-corrected chi connectivity index (χ1v) is 7.30. The minimum atomic E-state index is 0.803. The van der Waals surface area contributed by atoms with E-state index >= 15 is 0 Å². The van der Waals surface area contributed by atoms with Crippen molar-refractivity contribution in [2.24, 2.45) is 0 Å². The van der Waals surface area contributed by atoms with Gasteiger partial charge in [-0.1, -0.05) is 6.42 Å². The number of benzene rings is 1. The van der Waals surface area contributed by atoms with Crippen LogP contribution in [-0.4, -0.2) is 33.6 Å². The molecule has 0 radical (unpaired) electrons. The van der Waals surface area contributed by atoms with Crippen molar-refractivity contribution in [2.45, 2.75) is 38.3 Å². The minimum absolute atomic E-state index is 0.803. The van der Waals surface area contributed by atoms with Crippen LogP contribution in [0, 0.1) is 0 Å². The number of anilines is 1. The van der Waals surface area contributed by atoms with Crippen LogP contribution >= 0.6 is 0 Å². The van der Waals surface area contributed by atoms with Gasteiger partial charge in [-0.15, -0.1) is 0 Å². The summed E-state index contributed by atoms with van der Waals surface area (Å²) in [5.74, 6) is 1.22. The van der Waals surface area contributed by atoms with Crippen molar-refractivity contribution in [2.75, 3.05) is 18.8 Å². The molecule has 100 valence electrons. The third kappa shape index (κ3) is 1.82. The number of imidazole rings is 1. The molecule has 2 aromatic rings. The number of nitrogens with zero attached hydrogens (tertiary/aromatic N) is 3. The number of hydrogen-bond donors (Lipinski definition) is 1. The smallest absolute Gasteiger partial charge is 0.111 e. The van der Waals surface area contributed by atoms with E-state index < -0.39 is 0 Å². The second kappa shape index (κ2) is 4.23. The number of nitrogens with two attached hydrogens (primary N) is 1. The van der Waals surface area contributed by atoms with Crippen LogP contribution in [0.2, 0.25) is 0 Å². The van der Waals surface area contributed by atoms with Gasteiger partial charge in [0.1, 0.15) is 5.82 Å². The molecule has 19 heavy (non-hydrogen) atoms. The van der Waals surface area contributed by atoms with Crippen LogP contribution in [0.3, 0.4) is 0 Å². The monoisotopic (exact) mass is 256 g/mol. The van der Waals surface area contributed by atoms with Gasteiger partial charge in [0.25, 0.3) is 0 Å². The van der Waals surface area contributed by atoms with E-state index in [0.717, 1.165) is 43.3 Å². The number of nitrogen functional groups attached to an aromatic ring is 1. The highest BCUT2D eigenvalue weighted by atomic mass is 15.2. The quantitative estimate of drug-likeness (QED) is 0.794. The van der Waals surface area contributed by atoms with Gasteiger partial charge in [0, 0.05) is 37.8 Å². The lowest BCUT2D eigenvalue weighted by Crippen LogP contribution is -2.41. The van der Waals surface area contributed by atoms with Gasteiger partial charge in [0.2, 0.25) is 0 Å². The van der Waals surface area contributed by atoms with Crippen LogP contribution in [0.4, 0.5) is 5.69 Å². The first-order valence-electron chi connectivity index (χ1n) is 7.30. The molecular weight excluding hydrogens is 236 g/mol. The van der Waals surface area contributed by atoms with E-state index in [1.165, 1.54) is 30.6 Å². The van der Waals surface area contributed by atoms with Crippen LogP contribution in [0.15, 0.2) is 18.2 Å². The van der Waals surface area contributed by atoms with Crippen LogP contribution in [-0.2, 0) is 13.0 Å². The van der Waals surface area contributed by atoms with Crippen molar-refractivity contribution in [3.05, 3.63) is 24.0 Å². The van der Waals surface area contributed by atoms with Gasteiger partial charge in [-0.3, -0.25) is 4.90 Å². The third-order valence-corrected chi connectivity index (χ3v) is 4.68. The first-order chi connectivity index (χ1) is 9.31. The molecule has 0 amide bonds. The van der Waals surface area contributed by atoms with Gasteiger partial charge in [-0.25, -0.2) is 4.98 Å². The number of aromatic nitrogens is 2. The molecule has 2 aliphatic rings. The van der Waals surface area contributed by atoms with E-state index in [-0.39, 0.29) is 0 Å². The van der Waals surface area contributed by atoms with E-state index in [9.17, 15) is 0 Å². The standard InChI is InChI=1S/C15H20N4/c16-11-4-5-14-13(10-11)17-15-6-7-18(8-9-19(14)15)12-2-1-3-12/h4-5,10,12H,1-3,6-9,16H2. The normalized spacial score (nSPS) is 21.1. The summed E-state index contributed by atoms with van der Waals surface area (Å²) in [6, 6.07) is 6.92. The Morgan fingerprint density at radius 1 is 1.16 bits per heavy atom. The fourth-order valence-corrected chi connectivity index (χ4v) is 3.34. The molecule has 1 aromatic heterocycles. The van der Waals surface area contributed by atoms with Gasteiger partial charge < -0.3 is 10.3 Å². The fourth-order valence-electron chi connectivity index (χ4n) is 3.34. The summed E-state index contributed by atoms with van der Waals surface area (Å²) in [5, 5.41) is 0. The summed E-state index contributed by atoms with van der Waals surface area (Å²) in [4.78, 5) is 7.42. The van der Waals surface area contributed by atoms with Crippen LogP contribution in [0.1, 0.15) is 25.1 Å². The molecule has 0 bridgehead atoms. The summed E-state index contributed by atoms with van der Waals surface area (Å²) < 4.78 is 2.38. The number of hydrogen-bond acceptors (Lipinski definition) is 3. The topological polar surface area (TPSA) is 47.1 Å². The lowest BCUT2D eigenvalue weighted by atomic mass is 9.91. The Bertz CT molecular complexity index is 612. The number of rotatable bonds is 1. The summed E-state index contributed by atoms with van der Waals surface area (Å²) in [6.45, 7) is 3.38. The second-order valence-corrected chi connectivity index (χ2v) is 5.80. The van der Waals surface area contributed by atoms with E-state index in [0.29, 0.717) is 0 Å². The molecule has 2 heterocycles. The summed E-state index contributed by atoms with van der Waals surface area (Å²) in [7, 11) is 0. The maximum Gasteiger partial charge on any atom is 0.111 e. The molecule has 1 aliphatic heterocycles. The van der Waals surface area contributed by atoms with Gasteiger partial charge in [-0.2, -0.15) is 0 Å². The zero-order chi connectivity index (χ0) is 12.8. The SMILES string of the molecule is Nc1ccc2c(c1)nc1n2CCN(C2CCC2)CC1. The Kier molecular flexibility index (Phi) is 2.52. The average molecular weight is 256 g/mol. The zero-order valence-corrected chi connectivity index (χ0v) is 11.2. The van der Waals surface area contributed by atoms with Crippen molar-refractivity contribution in [1.82, 2.24) is 14.5 Å². The lowest BCUT2D eigenvalue weighted by Gasteiger charge is -2.36. The van der Waals surface area contributed by atoms with E-state index in [4.69, 9.17) is 10.7 Å². The molecule has 1 aromatic carbocycles. The second-order valence-electron chi connectivity index (χ2n) is 5.80. The molecular formula is C15H20N4. The first kappa shape index (κ1) is 11.3. The van der Waals surface area contributed by atoms with E-state index in [2.05, 4.69) is 15.5 Å². The Labute approximate surface area is 113 Å². The maximum atomic E-state index is 5.84. The summed E-state index contributed by atoms with van der Waals surface area (Å²) in [6.07, 6.45) is 5.25. The molecule has 1 aliphatic carbocycles. The molecule has 4 rings (SSSR count). The highest BCUT2D eigenvalue weighted by Crippen LogP contribution is 2.27. The molecule has 4 heteroatoms. The minimum Gasteiger partial charge on any atom is -0.399 e. The molecule has 0 saturated heterocycles. The van der Waals surface area contributed by atoms with Crippen molar-refractivity contribution in [1.29, 1.82) is 0 Å². The van der Waals surface area contributed by atoms with Crippen LogP contribution < -0.4 is 5.73 Å². The van der Waals surface area contributed by atoms with Crippen molar-refractivity contribution in [3.8, 4) is 0 Å². The van der Waals surface area contributed by atoms with Crippen molar-refractivity contribution in [3.63, 3.8) is 0 Å². The lowest BCUT2D eigenvalue weighted by molar-refractivity contribution is 0.130. The molecule has 4 nitrogen and oxygen atoms in total. The fraction of sp³-hybridized carbons (Fsp3) is 0.533. The van der Waals surface area contributed by atoms with Gasteiger partial charge >= 0.3 is 0 Å². The summed E-state index contributed by atoms with van der Waals surface area (Å²) in [5.41, 5.74) is 8.93. The molecule has 1 saturated carbocycles. The molecule has 1 fully saturated rings. The number of fused-ring (bicyclic) bond motifs is 3. The summed E-state index contributed by atoms with van der Waals surface area (Å²) >= 11 is 0. The molecule has 0 atom stereocenters. The predicted octanol–water partition coefficient (Wildman–Crippen LogP) is 2.03. The Morgan fingerprint density at radius 3 is 2.84 bits per heavy atom. The van der Waals surface area contributed by atoms with E-state index in [1.54, 1.807) is 0 Å². The Morgan fingerprint density at radius 2 is 2.05 bits per heavy atom. The van der Waals surface area contributed by atoms with Crippen LogP contribution in [0.5, 0.6) is 0 Å².